The van der Waals surface area contributed by atoms with E-state index in [-0.39, 0.29) is 0 Å². The van der Waals surface area contributed by atoms with Gasteiger partial charge >= 0.3 is 5.97 Å². The number of carboxylic acids is 1. The molecular formula is C14H28N2O2. The van der Waals surface area contributed by atoms with E-state index in [0.29, 0.717) is 12.5 Å². The van der Waals surface area contributed by atoms with Crippen molar-refractivity contribution in [1.82, 2.24) is 4.90 Å². The van der Waals surface area contributed by atoms with Crippen LogP contribution < -0.4 is 5.73 Å². The Kier molecular flexibility index (Phi) is 6.09. The molecule has 0 aromatic carbocycles. The molecule has 4 nitrogen and oxygen atoms in total. The van der Waals surface area contributed by atoms with E-state index < -0.39 is 11.5 Å². The van der Waals surface area contributed by atoms with Gasteiger partial charge in [-0.1, -0.05) is 12.8 Å². The summed E-state index contributed by atoms with van der Waals surface area (Å²) in [6.45, 7) is 6.18. The van der Waals surface area contributed by atoms with Crippen LogP contribution in [0.1, 0.15) is 58.8 Å². The molecule has 0 aromatic heterocycles. The highest BCUT2D eigenvalue weighted by molar-refractivity contribution is 5.77. The predicted molar refractivity (Wildman–Crippen MR) is 73.6 cm³/mol. The molecule has 2 atom stereocenters. The number of unbranched alkanes of at least 4 members (excludes halogenated alkanes) is 1. The number of hydrogen-bond acceptors (Lipinski definition) is 3. The maximum atomic E-state index is 10.9. The Bertz CT molecular complexity index is 267. The third kappa shape index (κ3) is 4.94. The minimum absolute atomic E-state index is 0.560. The molecule has 1 heterocycles. The van der Waals surface area contributed by atoms with Gasteiger partial charge in [-0.05, 0) is 59.0 Å². The van der Waals surface area contributed by atoms with Crippen LogP contribution in [0.3, 0.4) is 0 Å². The smallest absolute Gasteiger partial charge is 0.323 e. The third-order valence-electron chi connectivity index (χ3n) is 4.07. The van der Waals surface area contributed by atoms with Crippen LogP contribution in [-0.2, 0) is 4.79 Å². The number of likely N-dealkylation sites (tertiary alicyclic amines) is 1. The van der Waals surface area contributed by atoms with Gasteiger partial charge in [-0.3, -0.25) is 4.79 Å². The number of carbonyl (C=O) groups is 1. The van der Waals surface area contributed by atoms with Crippen molar-refractivity contribution in [3.05, 3.63) is 0 Å². The maximum Gasteiger partial charge on any atom is 0.323 e. The first kappa shape index (κ1) is 15.4. The van der Waals surface area contributed by atoms with Gasteiger partial charge in [0.25, 0.3) is 0 Å². The summed E-state index contributed by atoms with van der Waals surface area (Å²) >= 11 is 0. The SMILES string of the molecule is CC1CCCCCN1CCCCC(C)(N)C(=O)O. The zero-order valence-corrected chi connectivity index (χ0v) is 11.8. The Morgan fingerprint density at radius 2 is 2.11 bits per heavy atom. The standard InChI is InChI=1S/C14H28N2O2/c1-12-8-4-3-6-10-16(12)11-7-5-9-14(2,15)13(17)18/h12H,3-11,15H2,1-2H3,(H,17,18). The molecule has 106 valence electrons. The first-order valence-electron chi connectivity index (χ1n) is 7.20. The van der Waals surface area contributed by atoms with Gasteiger partial charge in [0.1, 0.15) is 5.54 Å². The molecule has 0 saturated carbocycles. The van der Waals surface area contributed by atoms with Crippen molar-refractivity contribution >= 4 is 5.97 Å². The summed E-state index contributed by atoms with van der Waals surface area (Å²) < 4.78 is 0. The van der Waals surface area contributed by atoms with Crippen LogP contribution in [0.2, 0.25) is 0 Å². The van der Waals surface area contributed by atoms with E-state index in [1.54, 1.807) is 6.92 Å². The molecular weight excluding hydrogens is 228 g/mol. The minimum Gasteiger partial charge on any atom is -0.480 e. The van der Waals surface area contributed by atoms with Gasteiger partial charge in [-0.25, -0.2) is 0 Å². The van der Waals surface area contributed by atoms with Gasteiger partial charge in [0.15, 0.2) is 0 Å². The van der Waals surface area contributed by atoms with E-state index in [0.717, 1.165) is 19.4 Å². The second-order valence-electron chi connectivity index (χ2n) is 5.91. The number of aliphatic carboxylic acids is 1. The molecule has 0 spiro atoms. The molecule has 0 radical (unpaired) electrons. The summed E-state index contributed by atoms with van der Waals surface area (Å²) in [5, 5.41) is 8.93. The lowest BCUT2D eigenvalue weighted by atomic mass is 9.96. The van der Waals surface area contributed by atoms with Gasteiger partial charge in [-0.2, -0.15) is 0 Å². The summed E-state index contributed by atoms with van der Waals surface area (Å²) in [4.78, 5) is 13.4. The topological polar surface area (TPSA) is 66.6 Å². The lowest BCUT2D eigenvalue weighted by Crippen LogP contribution is -2.44. The fourth-order valence-electron chi connectivity index (χ4n) is 2.58. The Hall–Kier alpha value is -0.610. The second kappa shape index (κ2) is 7.10. The highest BCUT2D eigenvalue weighted by Gasteiger charge is 2.27. The van der Waals surface area contributed by atoms with Crippen molar-refractivity contribution in [2.75, 3.05) is 13.1 Å². The maximum absolute atomic E-state index is 10.9. The average Bonchev–Trinajstić information content (AvgIpc) is 2.50. The number of carboxylic acid groups (broad SMARTS) is 1. The lowest BCUT2D eigenvalue weighted by molar-refractivity contribution is -0.142. The Balaban J connectivity index is 2.22. The van der Waals surface area contributed by atoms with Gasteiger partial charge in [0.2, 0.25) is 0 Å². The predicted octanol–water partition coefficient (Wildman–Crippen LogP) is 2.22. The summed E-state index contributed by atoms with van der Waals surface area (Å²) in [5.41, 5.74) is 4.65. The van der Waals surface area contributed by atoms with Crippen LogP contribution in [0, 0.1) is 0 Å². The molecule has 0 bridgehead atoms. The zero-order chi connectivity index (χ0) is 13.6. The normalized spacial score (nSPS) is 25.4. The highest BCUT2D eigenvalue weighted by Crippen LogP contribution is 2.18. The van der Waals surface area contributed by atoms with E-state index in [1.165, 1.54) is 32.2 Å². The molecule has 1 rings (SSSR count). The summed E-state index contributed by atoms with van der Waals surface area (Å²) in [6.07, 6.45) is 7.79. The van der Waals surface area contributed by atoms with Crippen molar-refractivity contribution in [3.63, 3.8) is 0 Å². The first-order valence-corrected chi connectivity index (χ1v) is 7.20. The largest absolute Gasteiger partial charge is 0.480 e. The van der Waals surface area contributed by atoms with E-state index in [9.17, 15) is 4.79 Å². The summed E-state index contributed by atoms with van der Waals surface area (Å²) in [7, 11) is 0. The van der Waals surface area contributed by atoms with Crippen molar-refractivity contribution in [3.8, 4) is 0 Å². The Morgan fingerprint density at radius 3 is 2.78 bits per heavy atom. The van der Waals surface area contributed by atoms with Gasteiger partial charge in [0, 0.05) is 6.04 Å². The second-order valence-corrected chi connectivity index (χ2v) is 5.91. The number of hydrogen-bond donors (Lipinski definition) is 2. The Morgan fingerprint density at radius 1 is 1.39 bits per heavy atom. The van der Waals surface area contributed by atoms with Crippen molar-refractivity contribution in [1.29, 1.82) is 0 Å². The summed E-state index contributed by atoms with van der Waals surface area (Å²) in [5.74, 6) is -0.898. The molecule has 1 aliphatic heterocycles. The van der Waals surface area contributed by atoms with Crippen LogP contribution in [0.25, 0.3) is 0 Å². The van der Waals surface area contributed by atoms with Gasteiger partial charge in [-0.15, -0.1) is 0 Å². The molecule has 3 N–H and O–H groups in total. The van der Waals surface area contributed by atoms with Crippen LogP contribution in [-0.4, -0.2) is 40.6 Å². The first-order chi connectivity index (χ1) is 8.43. The number of nitrogens with zero attached hydrogens (tertiary/aromatic N) is 1. The third-order valence-corrected chi connectivity index (χ3v) is 4.07. The molecule has 1 fully saturated rings. The van der Waals surface area contributed by atoms with E-state index in [4.69, 9.17) is 10.8 Å². The molecule has 18 heavy (non-hydrogen) atoms. The van der Waals surface area contributed by atoms with Crippen molar-refractivity contribution in [2.24, 2.45) is 5.73 Å². The van der Waals surface area contributed by atoms with Crippen molar-refractivity contribution < 1.29 is 9.90 Å². The van der Waals surface area contributed by atoms with Crippen molar-refractivity contribution in [2.45, 2.75) is 70.4 Å². The van der Waals surface area contributed by atoms with E-state index in [2.05, 4.69) is 11.8 Å². The van der Waals surface area contributed by atoms with Crippen LogP contribution in [0.15, 0.2) is 0 Å². The van der Waals surface area contributed by atoms with Crippen LogP contribution >= 0.6 is 0 Å². The molecule has 2 unspecified atom stereocenters. The van der Waals surface area contributed by atoms with E-state index >= 15 is 0 Å². The highest BCUT2D eigenvalue weighted by atomic mass is 16.4. The van der Waals surface area contributed by atoms with Crippen LogP contribution in [0.4, 0.5) is 0 Å². The monoisotopic (exact) mass is 256 g/mol. The quantitative estimate of drug-likeness (QED) is 0.715. The molecule has 4 heteroatoms. The molecule has 1 aliphatic rings. The summed E-state index contributed by atoms with van der Waals surface area (Å²) in [6, 6.07) is 0.677. The molecule has 0 aliphatic carbocycles. The fraction of sp³-hybridized carbons (Fsp3) is 0.929. The molecule has 1 saturated heterocycles. The van der Waals surface area contributed by atoms with Crippen LogP contribution in [0.5, 0.6) is 0 Å². The minimum atomic E-state index is -1.07. The van der Waals surface area contributed by atoms with E-state index in [1.807, 2.05) is 0 Å². The lowest BCUT2D eigenvalue weighted by Gasteiger charge is -2.27. The average molecular weight is 256 g/mol. The van der Waals surface area contributed by atoms with Gasteiger partial charge < -0.3 is 15.7 Å². The number of nitrogens with two attached hydrogens (primary N) is 1. The molecule has 0 amide bonds. The zero-order valence-electron chi connectivity index (χ0n) is 11.8. The Labute approximate surface area is 111 Å². The fourth-order valence-corrected chi connectivity index (χ4v) is 2.58. The number of rotatable bonds is 6. The molecule has 0 aromatic rings. The van der Waals surface area contributed by atoms with Gasteiger partial charge in [0.05, 0.1) is 0 Å².